The lowest BCUT2D eigenvalue weighted by atomic mass is 9.98. The summed E-state index contributed by atoms with van der Waals surface area (Å²) in [7, 11) is -0.967. The fourth-order valence-corrected chi connectivity index (χ4v) is 6.20. The molecule has 3 atom stereocenters. The molecule has 2 aromatic carbocycles. The van der Waals surface area contributed by atoms with Crippen molar-refractivity contribution >= 4 is 21.8 Å². The largest absolute Gasteiger partial charge is 0.497 e. The van der Waals surface area contributed by atoms with E-state index in [1.165, 1.54) is 28.6 Å². The Labute approximate surface area is 262 Å². The van der Waals surface area contributed by atoms with Crippen molar-refractivity contribution in [2.45, 2.75) is 64.0 Å². The van der Waals surface area contributed by atoms with Crippen molar-refractivity contribution in [1.82, 2.24) is 20.1 Å². The predicted molar refractivity (Wildman–Crippen MR) is 170 cm³/mol. The number of sulfonamides is 1. The maximum Gasteiger partial charge on any atom is 0.252 e. The Hall–Kier alpha value is -3.03. The zero-order chi connectivity index (χ0) is 32.7. The first-order valence-electron chi connectivity index (χ1n) is 15.1. The van der Waals surface area contributed by atoms with Gasteiger partial charge in [0.15, 0.2) is 0 Å². The third-order valence-corrected chi connectivity index (χ3v) is 9.07. The summed E-state index contributed by atoms with van der Waals surface area (Å²) in [4.78, 5) is 26.8. The van der Waals surface area contributed by atoms with E-state index in [9.17, 15) is 23.1 Å². The zero-order valence-electron chi connectivity index (χ0n) is 26.9. The Morgan fingerprint density at radius 3 is 2.20 bits per heavy atom. The summed E-state index contributed by atoms with van der Waals surface area (Å²) < 4.78 is 39.1. The lowest BCUT2D eigenvalue weighted by molar-refractivity contribution is -0.148. The van der Waals surface area contributed by atoms with Gasteiger partial charge < -0.3 is 19.9 Å². The summed E-state index contributed by atoms with van der Waals surface area (Å²) in [5.41, 5.74) is 3.54. The molecule has 3 N–H and O–H groups in total. The first kappa shape index (κ1) is 37.2. The molecule has 0 aliphatic rings. The third kappa shape index (κ3) is 11.8. The number of methoxy groups -OCH3 is 2. The van der Waals surface area contributed by atoms with Crippen LogP contribution in [0.25, 0.3) is 0 Å². The normalized spacial score (nSPS) is 13.8. The summed E-state index contributed by atoms with van der Waals surface area (Å²) in [5, 5.41) is 16.0. The fraction of sp³-hybridized carbons (Fsp3) is 0.562. The standard InChI is InChI=1S/C32H50N4O7S/c1-7-25(4)19-32(39)36(34-31(38)21-33-17-18-42-5)29(20-26-11-9-8-10-12-26)30(37)23-35(22-24(2)3)44(40,41)28-15-13-27(43-6)14-16-28/h8-16,24-25,29-30,33,37H,7,17-23H2,1-6H3,(H,34,38)/t25-,29?,30+/m0/s1. The minimum Gasteiger partial charge on any atom is -0.497 e. The Morgan fingerprint density at radius 1 is 0.977 bits per heavy atom. The second-order valence-corrected chi connectivity index (χ2v) is 13.3. The van der Waals surface area contributed by atoms with Crippen LogP contribution in [0.15, 0.2) is 59.5 Å². The number of nitrogens with one attached hydrogen (secondary N) is 2. The molecule has 0 aliphatic heterocycles. The second-order valence-electron chi connectivity index (χ2n) is 11.4. The number of benzene rings is 2. The molecule has 2 amide bonds. The van der Waals surface area contributed by atoms with Crippen LogP contribution in [0, 0.1) is 11.8 Å². The summed E-state index contributed by atoms with van der Waals surface area (Å²) in [5.74, 6) is -0.329. The Kier molecular flexibility index (Phi) is 15.8. The van der Waals surface area contributed by atoms with E-state index in [-0.39, 0.29) is 55.1 Å². The molecular weight excluding hydrogens is 584 g/mol. The van der Waals surface area contributed by atoms with E-state index < -0.39 is 28.1 Å². The van der Waals surface area contributed by atoms with Gasteiger partial charge in [0.25, 0.3) is 5.91 Å². The molecule has 44 heavy (non-hydrogen) atoms. The zero-order valence-corrected chi connectivity index (χ0v) is 27.7. The van der Waals surface area contributed by atoms with E-state index >= 15 is 0 Å². The number of carbonyl (C=O) groups is 2. The minimum absolute atomic E-state index is 0.0316. The number of carbonyl (C=O) groups excluding carboxylic acids is 2. The molecule has 12 heteroatoms. The number of hydrazine groups is 1. The van der Waals surface area contributed by atoms with Crippen molar-refractivity contribution in [2.24, 2.45) is 11.8 Å². The highest BCUT2D eigenvalue weighted by molar-refractivity contribution is 7.89. The van der Waals surface area contributed by atoms with Crippen LogP contribution in [-0.4, -0.2) is 93.8 Å². The van der Waals surface area contributed by atoms with Gasteiger partial charge in [-0.25, -0.2) is 13.4 Å². The smallest absolute Gasteiger partial charge is 0.252 e. The molecule has 0 radical (unpaired) electrons. The molecule has 1 unspecified atom stereocenters. The number of aliphatic hydroxyl groups is 1. The molecule has 0 fully saturated rings. The van der Waals surface area contributed by atoms with Crippen LogP contribution in [0.4, 0.5) is 0 Å². The fourth-order valence-electron chi connectivity index (χ4n) is 4.58. The van der Waals surface area contributed by atoms with Crippen LogP contribution in [0.1, 0.15) is 46.1 Å². The highest BCUT2D eigenvalue weighted by Crippen LogP contribution is 2.23. The number of hydrogen-bond acceptors (Lipinski definition) is 8. The third-order valence-electron chi connectivity index (χ3n) is 7.22. The van der Waals surface area contributed by atoms with Gasteiger partial charge in [-0.05, 0) is 48.1 Å². The van der Waals surface area contributed by atoms with Crippen molar-refractivity contribution in [3.63, 3.8) is 0 Å². The van der Waals surface area contributed by atoms with Crippen LogP contribution >= 0.6 is 0 Å². The molecule has 0 aromatic heterocycles. The lowest BCUT2D eigenvalue weighted by Gasteiger charge is -2.37. The molecule has 0 saturated heterocycles. The molecule has 0 bridgehead atoms. The first-order valence-corrected chi connectivity index (χ1v) is 16.5. The van der Waals surface area contributed by atoms with Crippen molar-refractivity contribution < 1.29 is 32.6 Å². The van der Waals surface area contributed by atoms with E-state index in [4.69, 9.17) is 9.47 Å². The van der Waals surface area contributed by atoms with Gasteiger partial charge >= 0.3 is 0 Å². The molecule has 0 heterocycles. The maximum absolute atomic E-state index is 13.8. The molecular formula is C32H50N4O7S. The van der Waals surface area contributed by atoms with E-state index in [0.717, 1.165) is 12.0 Å². The summed E-state index contributed by atoms with van der Waals surface area (Å²) in [6.07, 6.45) is -0.264. The average molecular weight is 635 g/mol. The molecule has 2 rings (SSSR count). The monoisotopic (exact) mass is 634 g/mol. The number of hydrogen-bond donors (Lipinski definition) is 3. The first-order chi connectivity index (χ1) is 20.9. The van der Waals surface area contributed by atoms with Gasteiger partial charge in [-0.15, -0.1) is 0 Å². The van der Waals surface area contributed by atoms with E-state index in [1.54, 1.807) is 19.2 Å². The highest BCUT2D eigenvalue weighted by atomic mass is 32.2. The van der Waals surface area contributed by atoms with Gasteiger partial charge in [0, 0.05) is 33.2 Å². The van der Waals surface area contributed by atoms with E-state index in [1.807, 2.05) is 58.0 Å². The Morgan fingerprint density at radius 2 is 1.64 bits per heavy atom. The van der Waals surface area contributed by atoms with Crippen LogP contribution in [0.2, 0.25) is 0 Å². The second kappa shape index (κ2) is 18.7. The number of ether oxygens (including phenoxy) is 2. The van der Waals surface area contributed by atoms with Gasteiger partial charge in [-0.2, -0.15) is 4.31 Å². The minimum atomic E-state index is -4.03. The summed E-state index contributed by atoms with van der Waals surface area (Å²) in [6.45, 7) is 8.33. The van der Waals surface area contributed by atoms with Crippen molar-refractivity contribution in [1.29, 1.82) is 0 Å². The molecule has 11 nitrogen and oxygen atoms in total. The van der Waals surface area contributed by atoms with Crippen LogP contribution in [0.5, 0.6) is 5.75 Å². The van der Waals surface area contributed by atoms with Gasteiger partial charge in [0.1, 0.15) is 5.75 Å². The van der Waals surface area contributed by atoms with Gasteiger partial charge in [0.05, 0.1) is 37.3 Å². The topological polar surface area (TPSA) is 138 Å². The number of rotatable bonds is 19. The van der Waals surface area contributed by atoms with Crippen LogP contribution < -0.4 is 15.5 Å². The van der Waals surface area contributed by atoms with Crippen molar-refractivity contribution in [3.05, 3.63) is 60.2 Å². The summed E-state index contributed by atoms with van der Waals surface area (Å²) >= 11 is 0. The van der Waals surface area contributed by atoms with E-state index in [0.29, 0.717) is 18.9 Å². The number of amides is 2. The van der Waals surface area contributed by atoms with Gasteiger partial charge in [0.2, 0.25) is 15.9 Å². The molecule has 0 aliphatic carbocycles. The number of nitrogens with zero attached hydrogens (tertiary/aromatic N) is 2. The van der Waals surface area contributed by atoms with Gasteiger partial charge in [-0.1, -0.05) is 64.4 Å². The number of aliphatic hydroxyl groups excluding tert-OH is 1. The van der Waals surface area contributed by atoms with Crippen LogP contribution in [0.3, 0.4) is 0 Å². The maximum atomic E-state index is 13.8. The van der Waals surface area contributed by atoms with Crippen LogP contribution in [-0.2, 0) is 30.8 Å². The average Bonchev–Trinajstić information content (AvgIpc) is 3.00. The summed E-state index contributed by atoms with van der Waals surface area (Å²) in [6, 6.07) is 14.4. The van der Waals surface area contributed by atoms with E-state index in [2.05, 4.69) is 10.7 Å². The molecule has 2 aromatic rings. The molecule has 0 spiro atoms. The van der Waals surface area contributed by atoms with Crippen molar-refractivity contribution in [2.75, 3.05) is 47.0 Å². The van der Waals surface area contributed by atoms with Gasteiger partial charge in [-0.3, -0.25) is 15.0 Å². The lowest BCUT2D eigenvalue weighted by Crippen LogP contribution is -2.60. The SMILES string of the molecule is CC[C@H](C)CC(=O)N(NC(=O)CNCCOC)C(Cc1ccccc1)[C@H](O)CN(CC(C)C)S(=O)(=O)c1ccc(OC)cc1. The Bertz CT molecular complexity index is 1240. The molecule has 246 valence electrons. The van der Waals surface area contributed by atoms with Crippen molar-refractivity contribution in [3.8, 4) is 5.75 Å². The Balaban J connectivity index is 2.49. The quantitative estimate of drug-likeness (QED) is 0.159. The molecule has 0 saturated carbocycles. The highest BCUT2D eigenvalue weighted by Gasteiger charge is 2.36. The predicted octanol–water partition coefficient (Wildman–Crippen LogP) is 2.85.